The predicted molar refractivity (Wildman–Crippen MR) is 100 cm³/mol. The highest BCUT2D eigenvalue weighted by molar-refractivity contribution is 5.94. The quantitative estimate of drug-likeness (QED) is 0.742. The van der Waals surface area contributed by atoms with Crippen molar-refractivity contribution in [2.45, 2.75) is 33.4 Å². The van der Waals surface area contributed by atoms with Crippen molar-refractivity contribution in [1.29, 1.82) is 0 Å². The number of aryl methyl sites for hydroxylation is 2. The average Bonchev–Trinajstić information content (AvgIpc) is 3.14. The Morgan fingerprint density at radius 2 is 2.00 bits per heavy atom. The Labute approximate surface area is 151 Å². The van der Waals surface area contributed by atoms with Gasteiger partial charge in [-0.2, -0.15) is 0 Å². The number of nitrogens with zero attached hydrogens (tertiary/aromatic N) is 2. The summed E-state index contributed by atoms with van der Waals surface area (Å²) in [6.07, 6.45) is 5.42. The number of amides is 1. The Balaban J connectivity index is 1.68. The molecule has 0 aliphatic heterocycles. The minimum atomic E-state index is -0.203. The maximum Gasteiger partial charge on any atom is 0.253 e. The number of hydrogen-bond donors (Lipinski definition) is 2. The van der Waals surface area contributed by atoms with Gasteiger partial charge in [0.25, 0.3) is 11.5 Å². The monoisotopic (exact) mass is 350 g/mol. The molecule has 0 fully saturated rings. The molecule has 0 spiro atoms. The molecule has 1 amide bonds. The van der Waals surface area contributed by atoms with Crippen LogP contribution < -0.4 is 10.9 Å². The van der Waals surface area contributed by atoms with Crippen LogP contribution in [0.5, 0.6) is 0 Å². The fourth-order valence-corrected chi connectivity index (χ4v) is 2.96. The van der Waals surface area contributed by atoms with Crippen molar-refractivity contribution in [2.75, 3.05) is 0 Å². The molecule has 1 aromatic carbocycles. The molecule has 1 atom stereocenters. The standard InChI is InChI=1S/C20H22N4O2/c1-13-10-14(2)23-20(26)18(13)11-22-19(25)17-6-4-16(5-7-17)15(3)24-9-8-21-12-24/h4-10,12,15H,11H2,1-3H3,(H,22,25)(H,23,26). The van der Waals surface area contributed by atoms with Gasteiger partial charge in [0.1, 0.15) is 0 Å². The van der Waals surface area contributed by atoms with Gasteiger partial charge >= 0.3 is 0 Å². The van der Waals surface area contributed by atoms with E-state index in [9.17, 15) is 9.59 Å². The zero-order valence-electron chi connectivity index (χ0n) is 15.1. The van der Waals surface area contributed by atoms with Crippen LogP contribution in [0.1, 0.15) is 45.7 Å². The highest BCUT2D eigenvalue weighted by Gasteiger charge is 2.11. The Kier molecular flexibility index (Phi) is 5.02. The molecular weight excluding hydrogens is 328 g/mol. The summed E-state index contributed by atoms with van der Waals surface area (Å²) in [5.74, 6) is -0.203. The Bertz CT molecular complexity index is 956. The predicted octanol–water partition coefficient (Wildman–Crippen LogP) is 2.73. The first-order valence-electron chi connectivity index (χ1n) is 8.50. The van der Waals surface area contributed by atoms with Gasteiger partial charge in [0.2, 0.25) is 0 Å². The van der Waals surface area contributed by atoms with Crippen LogP contribution in [0.25, 0.3) is 0 Å². The maximum absolute atomic E-state index is 12.4. The van der Waals surface area contributed by atoms with Gasteiger partial charge in [0.15, 0.2) is 0 Å². The van der Waals surface area contributed by atoms with Gasteiger partial charge in [-0.1, -0.05) is 12.1 Å². The van der Waals surface area contributed by atoms with Crippen molar-refractivity contribution in [1.82, 2.24) is 19.9 Å². The number of benzene rings is 1. The number of imidazole rings is 1. The zero-order valence-corrected chi connectivity index (χ0v) is 15.1. The van der Waals surface area contributed by atoms with Crippen LogP contribution in [-0.4, -0.2) is 20.4 Å². The van der Waals surface area contributed by atoms with E-state index in [1.54, 1.807) is 24.7 Å². The van der Waals surface area contributed by atoms with Crippen LogP contribution >= 0.6 is 0 Å². The highest BCUT2D eigenvalue weighted by Crippen LogP contribution is 2.18. The molecule has 3 aromatic rings. The Morgan fingerprint density at radius 1 is 1.27 bits per heavy atom. The number of aromatic nitrogens is 3. The van der Waals surface area contributed by atoms with Crippen LogP contribution in [0, 0.1) is 13.8 Å². The van der Waals surface area contributed by atoms with E-state index in [2.05, 4.69) is 22.2 Å². The second-order valence-electron chi connectivity index (χ2n) is 6.43. The van der Waals surface area contributed by atoms with E-state index in [1.165, 1.54) is 0 Å². The van der Waals surface area contributed by atoms with Crippen LogP contribution in [-0.2, 0) is 6.54 Å². The normalized spacial score (nSPS) is 12.0. The Hall–Kier alpha value is -3.15. The summed E-state index contributed by atoms with van der Waals surface area (Å²) < 4.78 is 2.00. The molecule has 3 rings (SSSR count). The molecule has 2 aromatic heterocycles. The van der Waals surface area contributed by atoms with Gasteiger partial charge in [-0.25, -0.2) is 4.98 Å². The molecule has 0 aliphatic carbocycles. The van der Waals surface area contributed by atoms with Crippen LogP contribution in [0.2, 0.25) is 0 Å². The molecule has 1 unspecified atom stereocenters. The third-order valence-corrected chi connectivity index (χ3v) is 4.55. The lowest BCUT2D eigenvalue weighted by Crippen LogP contribution is -2.27. The van der Waals surface area contributed by atoms with E-state index in [0.717, 1.165) is 16.8 Å². The Morgan fingerprint density at radius 3 is 2.62 bits per heavy atom. The number of H-pyrrole nitrogens is 1. The molecule has 0 radical (unpaired) electrons. The number of rotatable bonds is 5. The lowest BCUT2D eigenvalue weighted by molar-refractivity contribution is 0.0950. The average molecular weight is 350 g/mol. The summed E-state index contributed by atoms with van der Waals surface area (Å²) in [6, 6.07) is 9.50. The second-order valence-corrected chi connectivity index (χ2v) is 6.43. The van der Waals surface area contributed by atoms with E-state index in [4.69, 9.17) is 0 Å². The number of aromatic amines is 1. The summed E-state index contributed by atoms with van der Waals surface area (Å²) in [7, 11) is 0. The fraction of sp³-hybridized carbons (Fsp3) is 0.250. The molecule has 26 heavy (non-hydrogen) atoms. The lowest BCUT2D eigenvalue weighted by Gasteiger charge is -2.14. The number of carbonyl (C=O) groups excluding carboxylic acids is 1. The van der Waals surface area contributed by atoms with E-state index in [1.807, 2.05) is 42.8 Å². The van der Waals surface area contributed by atoms with Crippen LogP contribution in [0.15, 0.2) is 53.8 Å². The number of pyridine rings is 1. The summed E-state index contributed by atoms with van der Waals surface area (Å²) in [6.45, 7) is 5.98. The minimum absolute atomic E-state index is 0.142. The van der Waals surface area contributed by atoms with Crippen molar-refractivity contribution in [3.05, 3.63) is 87.4 Å². The van der Waals surface area contributed by atoms with Crippen molar-refractivity contribution >= 4 is 5.91 Å². The molecule has 6 heteroatoms. The SMILES string of the molecule is Cc1cc(C)c(CNC(=O)c2ccc(C(C)n3ccnc3)cc2)c(=O)[nH]1. The molecule has 134 valence electrons. The van der Waals surface area contributed by atoms with Gasteiger partial charge in [0, 0.05) is 35.8 Å². The number of nitrogens with one attached hydrogen (secondary N) is 2. The summed E-state index contributed by atoms with van der Waals surface area (Å²) >= 11 is 0. The van der Waals surface area contributed by atoms with Crippen molar-refractivity contribution < 1.29 is 4.79 Å². The van der Waals surface area contributed by atoms with E-state index < -0.39 is 0 Å². The highest BCUT2D eigenvalue weighted by atomic mass is 16.1. The molecular formula is C20H22N4O2. The van der Waals surface area contributed by atoms with Gasteiger partial charge in [0.05, 0.1) is 12.4 Å². The van der Waals surface area contributed by atoms with Crippen LogP contribution in [0.3, 0.4) is 0 Å². The zero-order chi connectivity index (χ0) is 18.7. The summed E-state index contributed by atoms with van der Waals surface area (Å²) in [5.41, 5.74) is 3.75. The molecule has 0 saturated heterocycles. The van der Waals surface area contributed by atoms with Crippen LogP contribution in [0.4, 0.5) is 0 Å². The summed E-state index contributed by atoms with van der Waals surface area (Å²) in [4.78, 5) is 31.2. The molecule has 0 saturated carbocycles. The lowest BCUT2D eigenvalue weighted by atomic mass is 10.1. The van der Waals surface area contributed by atoms with Gasteiger partial charge in [-0.3, -0.25) is 9.59 Å². The first-order valence-corrected chi connectivity index (χ1v) is 8.50. The number of hydrogen-bond acceptors (Lipinski definition) is 3. The van der Waals surface area contributed by atoms with Gasteiger partial charge in [-0.15, -0.1) is 0 Å². The van der Waals surface area contributed by atoms with Crippen molar-refractivity contribution in [3.8, 4) is 0 Å². The fourth-order valence-electron chi connectivity index (χ4n) is 2.96. The minimum Gasteiger partial charge on any atom is -0.348 e. The van der Waals surface area contributed by atoms with Gasteiger partial charge in [-0.05, 0) is 50.1 Å². The first-order chi connectivity index (χ1) is 12.5. The summed E-state index contributed by atoms with van der Waals surface area (Å²) in [5, 5.41) is 2.82. The van der Waals surface area contributed by atoms with E-state index in [-0.39, 0.29) is 24.1 Å². The van der Waals surface area contributed by atoms with E-state index in [0.29, 0.717) is 11.1 Å². The van der Waals surface area contributed by atoms with Crippen molar-refractivity contribution in [3.63, 3.8) is 0 Å². The molecule has 2 N–H and O–H groups in total. The third-order valence-electron chi connectivity index (χ3n) is 4.55. The number of carbonyl (C=O) groups is 1. The molecule has 0 aliphatic rings. The molecule has 6 nitrogen and oxygen atoms in total. The third kappa shape index (κ3) is 3.74. The maximum atomic E-state index is 12.4. The van der Waals surface area contributed by atoms with E-state index >= 15 is 0 Å². The molecule has 0 bridgehead atoms. The first kappa shape index (κ1) is 17.7. The second kappa shape index (κ2) is 7.39. The largest absolute Gasteiger partial charge is 0.348 e. The molecule has 2 heterocycles. The smallest absolute Gasteiger partial charge is 0.253 e. The van der Waals surface area contributed by atoms with Crippen molar-refractivity contribution in [2.24, 2.45) is 0 Å². The van der Waals surface area contributed by atoms with Gasteiger partial charge < -0.3 is 14.9 Å². The topological polar surface area (TPSA) is 79.8 Å².